The van der Waals surface area contributed by atoms with Crippen molar-refractivity contribution in [2.45, 2.75) is 46.1 Å². The van der Waals surface area contributed by atoms with Crippen molar-refractivity contribution in [3.8, 4) is 0 Å². The van der Waals surface area contributed by atoms with Crippen LogP contribution in [0.5, 0.6) is 0 Å². The zero-order valence-corrected chi connectivity index (χ0v) is 14.6. The van der Waals surface area contributed by atoms with Crippen LogP contribution >= 0.6 is 0 Å². The summed E-state index contributed by atoms with van der Waals surface area (Å²) in [6.45, 7) is 5.56. The van der Waals surface area contributed by atoms with Crippen LogP contribution in [0.4, 0.5) is 16.2 Å². The number of amides is 3. The molecule has 0 fully saturated rings. The highest BCUT2D eigenvalue weighted by Gasteiger charge is 2.19. The first kappa shape index (κ1) is 17.0. The monoisotopic (exact) mass is 342 g/mol. The van der Waals surface area contributed by atoms with Crippen LogP contribution in [-0.2, 0) is 11.2 Å². The van der Waals surface area contributed by atoms with Crippen LogP contribution in [0.2, 0.25) is 0 Å². The number of aromatic nitrogens is 1. The van der Waals surface area contributed by atoms with Crippen molar-refractivity contribution < 1.29 is 14.1 Å². The van der Waals surface area contributed by atoms with E-state index in [0.29, 0.717) is 17.9 Å². The topological polar surface area (TPSA) is 96.3 Å². The van der Waals surface area contributed by atoms with Crippen molar-refractivity contribution in [2.75, 3.05) is 10.6 Å². The maximum Gasteiger partial charge on any atom is 0.319 e. The molecule has 0 unspecified atom stereocenters. The zero-order chi connectivity index (χ0) is 18.0. The number of aryl methyl sites for hydroxylation is 3. The van der Waals surface area contributed by atoms with Gasteiger partial charge in [0.2, 0.25) is 5.91 Å². The van der Waals surface area contributed by atoms with Gasteiger partial charge in [-0.25, -0.2) is 4.79 Å². The van der Waals surface area contributed by atoms with Crippen LogP contribution in [0, 0.1) is 13.8 Å². The van der Waals surface area contributed by atoms with E-state index in [4.69, 9.17) is 4.52 Å². The molecule has 1 aromatic heterocycles. The summed E-state index contributed by atoms with van der Waals surface area (Å²) in [5.41, 5.74) is 4.20. The first-order valence-electron chi connectivity index (χ1n) is 8.37. The Bertz CT molecular complexity index is 793. The fourth-order valence-electron chi connectivity index (χ4n) is 3.20. The molecule has 2 heterocycles. The van der Waals surface area contributed by atoms with Gasteiger partial charge in [-0.05, 0) is 57.4 Å². The Labute approximate surface area is 146 Å². The minimum atomic E-state index is -0.301. The lowest BCUT2D eigenvalue weighted by atomic mass is 10.1. The molecule has 7 heteroatoms. The smallest absolute Gasteiger partial charge is 0.319 e. The number of hydrogen-bond donors (Lipinski definition) is 3. The van der Waals surface area contributed by atoms with E-state index in [1.807, 2.05) is 32.9 Å². The highest BCUT2D eigenvalue weighted by Crippen LogP contribution is 2.26. The predicted octanol–water partition coefficient (Wildman–Crippen LogP) is 3.45. The van der Waals surface area contributed by atoms with Crippen molar-refractivity contribution >= 4 is 23.3 Å². The van der Waals surface area contributed by atoms with Crippen LogP contribution < -0.4 is 16.0 Å². The van der Waals surface area contributed by atoms with Crippen molar-refractivity contribution in [3.63, 3.8) is 0 Å². The zero-order valence-electron chi connectivity index (χ0n) is 14.6. The molecule has 1 aliphatic rings. The fraction of sp³-hybridized carbons (Fsp3) is 0.389. The van der Waals surface area contributed by atoms with Crippen LogP contribution in [0.3, 0.4) is 0 Å². The molecular formula is C18H22N4O3. The van der Waals surface area contributed by atoms with Gasteiger partial charge in [0, 0.05) is 23.4 Å². The molecule has 132 valence electrons. The molecule has 1 atom stereocenters. The molecule has 0 saturated heterocycles. The molecule has 1 aliphatic heterocycles. The van der Waals surface area contributed by atoms with Gasteiger partial charge in [-0.2, -0.15) is 0 Å². The summed E-state index contributed by atoms with van der Waals surface area (Å²) in [6, 6.07) is 4.99. The van der Waals surface area contributed by atoms with E-state index in [2.05, 4.69) is 21.1 Å². The van der Waals surface area contributed by atoms with E-state index in [0.717, 1.165) is 35.3 Å². The molecular weight excluding hydrogens is 320 g/mol. The van der Waals surface area contributed by atoms with Crippen molar-refractivity contribution in [1.82, 2.24) is 10.5 Å². The summed E-state index contributed by atoms with van der Waals surface area (Å²) < 4.78 is 5.14. The van der Waals surface area contributed by atoms with E-state index in [-0.39, 0.29) is 18.0 Å². The number of benzene rings is 1. The average Bonchev–Trinajstić information content (AvgIpc) is 2.76. The number of nitrogens with zero attached hydrogens (tertiary/aromatic N) is 1. The van der Waals surface area contributed by atoms with Gasteiger partial charge in [0.05, 0.1) is 11.7 Å². The van der Waals surface area contributed by atoms with E-state index < -0.39 is 0 Å². The molecule has 0 aliphatic carbocycles. The Morgan fingerprint density at radius 2 is 2.12 bits per heavy atom. The molecule has 0 radical (unpaired) electrons. The second-order valence-corrected chi connectivity index (χ2v) is 6.33. The summed E-state index contributed by atoms with van der Waals surface area (Å²) in [5, 5.41) is 12.5. The summed E-state index contributed by atoms with van der Waals surface area (Å²) in [5.74, 6) is 0.733. The summed E-state index contributed by atoms with van der Waals surface area (Å²) >= 11 is 0. The van der Waals surface area contributed by atoms with Gasteiger partial charge in [-0.3, -0.25) is 4.79 Å². The third-order valence-electron chi connectivity index (χ3n) is 4.36. The Kier molecular flexibility index (Phi) is 4.74. The first-order valence-corrected chi connectivity index (χ1v) is 8.37. The van der Waals surface area contributed by atoms with E-state index in [1.165, 1.54) is 0 Å². The molecule has 3 amide bonds. The highest BCUT2D eigenvalue weighted by molar-refractivity contribution is 5.94. The molecule has 7 nitrogen and oxygen atoms in total. The average molecular weight is 342 g/mol. The number of urea groups is 1. The Morgan fingerprint density at radius 3 is 2.84 bits per heavy atom. The van der Waals surface area contributed by atoms with Gasteiger partial charge in [-0.15, -0.1) is 0 Å². The number of nitrogens with one attached hydrogen (secondary N) is 3. The minimum absolute atomic E-state index is 0.0329. The summed E-state index contributed by atoms with van der Waals surface area (Å²) in [6.07, 6.45) is 2.13. The van der Waals surface area contributed by atoms with E-state index in [9.17, 15) is 9.59 Å². The van der Waals surface area contributed by atoms with Crippen molar-refractivity contribution in [2.24, 2.45) is 0 Å². The second-order valence-electron chi connectivity index (χ2n) is 6.33. The number of carbonyl (C=O) groups is 2. The lowest BCUT2D eigenvalue weighted by molar-refractivity contribution is -0.116. The number of carbonyl (C=O) groups excluding carboxylic acids is 2. The van der Waals surface area contributed by atoms with Crippen molar-refractivity contribution in [3.05, 3.63) is 40.8 Å². The SMILES string of the molecule is Cc1noc(C)c1[C@H](C)NC(=O)Nc1ccc2c(c1)CCCC(=O)N2. The number of hydrogen-bond acceptors (Lipinski definition) is 4. The molecule has 3 N–H and O–H groups in total. The first-order chi connectivity index (χ1) is 11.9. The molecule has 3 rings (SSSR count). The number of anilines is 2. The second kappa shape index (κ2) is 6.96. The standard InChI is InChI=1S/C18H22N4O3/c1-10(17-11(2)22-25-12(17)3)19-18(24)20-14-7-8-15-13(9-14)5-4-6-16(23)21-15/h7-10H,4-6H2,1-3H3,(H,21,23)(H2,19,20,24)/t10-/m0/s1. The Balaban J connectivity index is 1.67. The third kappa shape index (κ3) is 3.81. The van der Waals surface area contributed by atoms with Gasteiger partial charge >= 0.3 is 6.03 Å². The largest absolute Gasteiger partial charge is 0.361 e. The molecule has 25 heavy (non-hydrogen) atoms. The molecule has 0 saturated carbocycles. The fourth-order valence-corrected chi connectivity index (χ4v) is 3.20. The van der Waals surface area contributed by atoms with Gasteiger partial charge in [-0.1, -0.05) is 5.16 Å². The minimum Gasteiger partial charge on any atom is -0.361 e. The predicted molar refractivity (Wildman–Crippen MR) is 94.6 cm³/mol. The van der Waals surface area contributed by atoms with E-state index >= 15 is 0 Å². The molecule has 1 aromatic carbocycles. The lowest BCUT2D eigenvalue weighted by Gasteiger charge is -2.15. The summed E-state index contributed by atoms with van der Waals surface area (Å²) in [7, 11) is 0. The third-order valence-corrected chi connectivity index (χ3v) is 4.36. The Morgan fingerprint density at radius 1 is 1.32 bits per heavy atom. The highest BCUT2D eigenvalue weighted by atomic mass is 16.5. The van der Waals surface area contributed by atoms with Gasteiger partial charge in [0.25, 0.3) is 0 Å². The van der Waals surface area contributed by atoms with Crippen molar-refractivity contribution in [1.29, 1.82) is 0 Å². The summed E-state index contributed by atoms with van der Waals surface area (Å²) in [4.78, 5) is 23.9. The van der Waals surface area contributed by atoms with Gasteiger partial charge in [0.1, 0.15) is 5.76 Å². The van der Waals surface area contributed by atoms with E-state index in [1.54, 1.807) is 6.07 Å². The molecule has 0 spiro atoms. The number of rotatable bonds is 3. The number of fused-ring (bicyclic) bond motifs is 1. The van der Waals surface area contributed by atoms with Crippen LogP contribution in [0.15, 0.2) is 22.7 Å². The maximum atomic E-state index is 12.3. The Hall–Kier alpha value is -2.83. The van der Waals surface area contributed by atoms with Crippen LogP contribution in [0.1, 0.15) is 48.4 Å². The van der Waals surface area contributed by atoms with Crippen LogP contribution in [0.25, 0.3) is 0 Å². The van der Waals surface area contributed by atoms with Gasteiger partial charge in [0.15, 0.2) is 0 Å². The normalized spacial score (nSPS) is 14.9. The quantitative estimate of drug-likeness (QED) is 0.796. The van der Waals surface area contributed by atoms with Crippen LogP contribution in [-0.4, -0.2) is 17.1 Å². The lowest BCUT2D eigenvalue weighted by Crippen LogP contribution is -2.31. The molecule has 2 aromatic rings. The molecule has 0 bridgehead atoms. The maximum absolute atomic E-state index is 12.3. The van der Waals surface area contributed by atoms with Gasteiger partial charge < -0.3 is 20.5 Å².